The maximum Gasteiger partial charge on any atom is 0.228 e. The van der Waals surface area contributed by atoms with E-state index in [0.717, 1.165) is 11.1 Å². The summed E-state index contributed by atoms with van der Waals surface area (Å²) >= 11 is 5.71. The standard InChI is InChI=1S/C19H21ClN2O/c1-16(14-17-8-3-2-4-9-17)15-22(19(23)11-7-12-20)18-10-5-6-13-21-18/h2-6,8-10,13-14H,7,11-12,15H2,1H3/b16-14-. The lowest BCUT2D eigenvalue weighted by atomic mass is 10.1. The molecule has 0 unspecified atom stereocenters. The molecule has 0 aliphatic carbocycles. The number of rotatable bonds is 7. The zero-order chi connectivity index (χ0) is 16.5. The molecule has 1 amide bonds. The quantitative estimate of drug-likeness (QED) is 0.699. The summed E-state index contributed by atoms with van der Waals surface area (Å²) in [4.78, 5) is 18.5. The van der Waals surface area contributed by atoms with E-state index in [-0.39, 0.29) is 5.91 Å². The molecule has 0 aliphatic rings. The lowest BCUT2D eigenvalue weighted by molar-refractivity contribution is -0.118. The molecule has 23 heavy (non-hydrogen) atoms. The van der Waals surface area contributed by atoms with E-state index in [9.17, 15) is 4.79 Å². The topological polar surface area (TPSA) is 33.2 Å². The Bertz CT molecular complexity index is 641. The van der Waals surface area contributed by atoms with Crippen LogP contribution in [0.15, 0.2) is 60.3 Å². The Hall–Kier alpha value is -2.13. The minimum atomic E-state index is 0.0464. The summed E-state index contributed by atoms with van der Waals surface area (Å²) < 4.78 is 0. The van der Waals surface area contributed by atoms with Crippen LogP contribution >= 0.6 is 11.6 Å². The molecule has 120 valence electrons. The maximum absolute atomic E-state index is 12.5. The molecule has 0 fully saturated rings. The van der Waals surface area contributed by atoms with Crippen molar-refractivity contribution in [3.8, 4) is 0 Å². The van der Waals surface area contributed by atoms with Crippen LogP contribution in [0.1, 0.15) is 25.3 Å². The van der Waals surface area contributed by atoms with Crippen LogP contribution in [0, 0.1) is 0 Å². The van der Waals surface area contributed by atoms with Gasteiger partial charge in [-0.05, 0) is 31.0 Å². The van der Waals surface area contributed by atoms with Crippen molar-refractivity contribution < 1.29 is 4.79 Å². The van der Waals surface area contributed by atoms with E-state index in [1.165, 1.54) is 0 Å². The van der Waals surface area contributed by atoms with E-state index in [0.29, 0.717) is 31.1 Å². The van der Waals surface area contributed by atoms with Gasteiger partial charge in [0, 0.05) is 25.0 Å². The van der Waals surface area contributed by atoms with Crippen molar-refractivity contribution in [2.75, 3.05) is 17.3 Å². The van der Waals surface area contributed by atoms with Crippen molar-refractivity contribution >= 4 is 29.4 Å². The second-order valence-electron chi connectivity index (χ2n) is 5.36. The number of benzene rings is 1. The number of halogens is 1. The van der Waals surface area contributed by atoms with E-state index < -0.39 is 0 Å². The van der Waals surface area contributed by atoms with Gasteiger partial charge in [-0.2, -0.15) is 0 Å². The number of aromatic nitrogens is 1. The third kappa shape index (κ3) is 5.53. The molecule has 3 nitrogen and oxygen atoms in total. The molecule has 1 aromatic carbocycles. The Morgan fingerprint density at radius 1 is 1.17 bits per heavy atom. The molecule has 0 bridgehead atoms. The molecule has 0 radical (unpaired) electrons. The summed E-state index contributed by atoms with van der Waals surface area (Å²) in [7, 11) is 0. The molecule has 2 aromatic rings. The van der Waals surface area contributed by atoms with E-state index in [1.54, 1.807) is 11.1 Å². The van der Waals surface area contributed by atoms with Gasteiger partial charge in [0.05, 0.1) is 0 Å². The van der Waals surface area contributed by atoms with Crippen LogP contribution in [-0.2, 0) is 4.79 Å². The van der Waals surface area contributed by atoms with Crippen LogP contribution < -0.4 is 4.90 Å². The number of carbonyl (C=O) groups is 1. The van der Waals surface area contributed by atoms with Crippen molar-refractivity contribution in [2.45, 2.75) is 19.8 Å². The minimum Gasteiger partial charge on any atom is -0.293 e. The van der Waals surface area contributed by atoms with E-state index in [1.807, 2.05) is 55.5 Å². The average Bonchev–Trinajstić information content (AvgIpc) is 2.59. The van der Waals surface area contributed by atoms with Gasteiger partial charge in [0.2, 0.25) is 5.91 Å². The van der Waals surface area contributed by atoms with Gasteiger partial charge in [0.1, 0.15) is 5.82 Å². The molecule has 2 rings (SSSR count). The third-order valence-electron chi connectivity index (χ3n) is 3.37. The van der Waals surface area contributed by atoms with Crippen molar-refractivity contribution in [1.29, 1.82) is 0 Å². The number of anilines is 1. The molecule has 4 heteroatoms. The average molecular weight is 329 g/mol. The largest absolute Gasteiger partial charge is 0.293 e. The van der Waals surface area contributed by atoms with Gasteiger partial charge in [0.15, 0.2) is 0 Å². The summed E-state index contributed by atoms with van der Waals surface area (Å²) in [5.74, 6) is 1.21. The molecular weight excluding hydrogens is 308 g/mol. The lowest BCUT2D eigenvalue weighted by Crippen LogP contribution is -2.33. The Balaban J connectivity index is 2.17. The summed E-state index contributed by atoms with van der Waals surface area (Å²) in [6.45, 7) is 2.55. The Morgan fingerprint density at radius 2 is 1.91 bits per heavy atom. The molecule has 0 saturated heterocycles. The number of hydrogen-bond donors (Lipinski definition) is 0. The van der Waals surface area contributed by atoms with Gasteiger partial charge in [-0.1, -0.05) is 48.0 Å². The first-order chi connectivity index (χ1) is 11.2. The van der Waals surface area contributed by atoms with Crippen molar-refractivity contribution in [1.82, 2.24) is 4.98 Å². The van der Waals surface area contributed by atoms with E-state index in [2.05, 4.69) is 11.1 Å². The first kappa shape index (κ1) is 17.2. The smallest absolute Gasteiger partial charge is 0.228 e. The predicted octanol–water partition coefficient (Wildman–Crippen LogP) is 4.54. The van der Waals surface area contributed by atoms with Gasteiger partial charge in [-0.15, -0.1) is 11.6 Å². The van der Waals surface area contributed by atoms with Crippen molar-refractivity contribution in [3.05, 3.63) is 65.9 Å². The van der Waals surface area contributed by atoms with Gasteiger partial charge < -0.3 is 0 Å². The van der Waals surface area contributed by atoms with Crippen LogP contribution in [-0.4, -0.2) is 23.3 Å². The molecule has 1 heterocycles. The lowest BCUT2D eigenvalue weighted by Gasteiger charge is -2.22. The number of amides is 1. The first-order valence-electron chi connectivity index (χ1n) is 7.70. The van der Waals surface area contributed by atoms with Crippen molar-refractivity contribution in [2.24, 2.45) is 0 Å². The number of carbonyl (C=O) groups excluding carboxylic acids is 1. The van der Waals surface area contributed by atoms with Gasteiger partial charge in [-0.25, -0.2) is 4.98 Å². The summed E-state index contributed by atoms with van der Waals surface area (Å²) in [5.41, 5.74) is 2.22. The van der Waals surface area contributed by atoms with Crippen LogP contribution in [0.2, 0.25) is 0 Å². The molecule has 0 aliphatic heterocycles. The third-order valence-corrected chi connectivity index (χ3v) is 3.64. The molecule has 0 N–H and O–H groups in total. The van der Waals surface area contributed by atoms with Crippen LogP contribution in [0.4, 0.5) is 5.82 Å². The molecule has 0 saturated carbocycles. The van der Waals surface area contributed by atoms with Gasteiger partial charge in [-0.3, -0.25) is 9.69 Å². The van der Waals surface area contributed by atoms with Crippen LogP contribution in [0.5, 0.6) is 0 Å². The minimum absolute atomic E-state index is 0.0464. The van der Waals surface area contributed by atoms with Crippen LogP contribution in [0.3, 0.4) is 0 Å². The second kappa shape index (κ2) is 9.11. The number of nitrogens with zero attached hydrogens (tertiary/aromatic N) is 2. The fourth-order valence-corrected chi connectivity index (χ4v) is 2.43. The van der Waals surface area contributed by atoms with E-state index >= 15 is 0 Å². The highest BCUT2D eigenvalue weighted by molar-refractivity contribution is 6.18. The Morgan fingerprint density at radius 3 is 2.57 bits per heavy atom. The summed E-state index contributed by atoms with van der Waals surface area (Å²) in [6.07, 6.45) is 4.89. The summed E-state index contributed by atoms with van der Waals surface area (Å²) in [5, 5.41) is 0. The fourth-order valence-electron chi connectivity index (χ4n) is 2.29. The Labute approximate surface area is 142 Å². The zero-order valence-corrected chi connectivity index (χ0v) is 14.0. The SMILES string of the molecule is C/C(=C/c1ccccc1)CN(C(=O)CCCCl)c1ccccn1. The van der Waals surface area contributed by atoms with Crippen LogP contribution in [0.25, 0.3) is 6.08 Å². The van der Waals surface area contributed by atoms with Gasteiger partial charge >= 0.3 is 0 Å². The number of alkyl halides is 1. The van der Waals surface area contributed by atoms with Gasteiger partial charge in [0.25, 0.3) is 0 Å². The molecular formula is C19H21ClN2O. The molecule has 1 aromatic heterocycles. The highest BCUT2D eigenvalue weighted by atomic mass is 35.5. The number of hydrogen-bond acceptors (Lipinski definition) is 2. The second-order valence-corrected chi connectivity index (χ2v) is 5.74. The maximum atomic E-state index is 12.5. The highest BCUT2D eigenvalue weighted by Gasteiger charge is 2.16. The molecule has 0 spiro atoms. The monoisotopic (exact) mass is 328 g/mol. The summed E-state index contributed by atoms with van der Waals surface area (Å²) in [6, 6.07) is 15.7. The molecule has 0 atom stereocenters. The van der Waals surface area contributed by atoms with Crippen molar-refractivity contribution in [3.63, 3.8) is 0 Å². The first-order valence-corrected chi connectivity index (χ1v) is 8.23. The highest BCUT2D eigenvalue weighted by Crippen LogP contribution is 2.16. The Kier molecular flexibility index (Phi) is 6.82. The van der Waals surface area contributed by atoms with E-state index in [4.69, 9.17) is 11.6 Å². The predicted molar refractivity (Wildman–Crippen MR) is 96.6 cm³/mol. The number of pyridine rings is 1. The zero-order valence-electron chi connectivity index (χ0n) is 13.3. The normalized spacial score (nSPS) is 11.3. The fraction of sp³-hybridized carbons (Fsp3) is 0.263.